The van der Waals surface area contributed by atoms with Gasteiger partial charge in [-0.1, -0.05) is 60.1 Å². The third kappa shape index (κ3) is 3.06. The molecular formula is C18H14ClNO. The molecule has 0 fully saturated rings. The summed E-state index contributed by atoms with van der Waals surface area (Å²) in [5, 5.41) is 0.424. The van der Waals surface area contributed by atoms with E-state index in [1.165, 1.54) is 0 Å². The number of para-hydroxylation sites is 1. The largest absolute Gasteiger partial charge is 0.456 e. The van der Waals surface area contributed by atoms with Crippen molar-refractivity contribution in [3.8, 4) is 22.6 Å². The summed E-state index contributed by atoms with van der Waals surface area (Å²) in [6.45, 7) is 1.95. The van der Waals surface area contributed by atoms with Gasteiger partial charge in [-0.2, -0.15) is 0 Å². The van der Waals surface area contributed by atoms with Crippen LogP contribution in [0.3, 0.4) is 0 Å². The molecule has 0 aliphatic carbocycles. The Kier molecular flexibility index (Phi) is 3.89. The van der Waals surface area contributed by atoms with Gasteiger partial charge in [0.25, 0.3) is 0 Å². The maximum atomic E-state index is 6.05. The minimum absolute atomic E-state index is 0.424. The van der Waals surface area contributed by atoms with Gasteiger partial charge in [0, 0.05) is 23.4 Å². The van der Waals surface area contributed by atoms with Gasteiger partial charge < -0.3 is 4.74 Å². The van der Waals surface area contributed by atoms with Gasteiger partial charge in [0.05, 0.1) is 0 Å². The Morgan fingerprint density at radius 1 is 0.905 bits per heavy atom. The van der Waals surface area contributed by atoms with Crippen molar-refractivity contribution in [1.29, 1.82) is 0 Å². The van der Waals surface area contributed by atoms with Crippen LogP contribution in [0.2, 0.25) is 5.15 Å². The fraction of sp³-hybridized carbons (Fsp3) is 0.0556. The number of ether oxygens (including phenoxy) is 1. The first-order valence-corrected chi connectivity index (χ1v) is 7.06. The maximum absolute atomic E-state index is 6.05. The van der Waals surface area contributed by atoms with Crippen LogP contribution < -0.4 is 4.74 Å². The molecule has 1 heterocycles. The molecular weight excluding hydrogens is 282 g/mol. The molecule has 0 saturated heterocycles. The average molecular weight is 296 g/mol. The Hall–Kier alpha value is -2.32. The van der Waals surface area contributed by atoms with Gasteiger partial charge in [0.15, 0.2) is 0 Å². The third-order valence-corrected chi connectivity index (χ3v) is 3.42. The van der Waals surface area contributed by atoms with Crippen molar-refractivity contribution in [2.45, 2.75) is 6.92 Å². The van der Waals surface area contributed by atoms with Crippen LogP contribution in [0.25, 0.3) is 11.1 Å². The molecule has 0 bridgehead atoms. The Morgan fingerprint density at radius 3 is 2.43 bits per heavy atom. The summed E-state index contributed by atoms with van der Waals surface area (Å²) in [4.78, 5) is 4.05. The summed E-state index contributed by atoms with van der Waals surface area (Å²) in [5.41, 5.74) is 3.11. The zero-order valence-electron chi connectivity index (χ0n) is 11.6. The molecule has 3 aromatic rings. The van der Waals surface area contributed by atoms with E-state index in [0.717, 1.165) is 28.2 Å². The highest BCUT2D eigenvalue weighted by Crippen LogP contribution is 2.34. The smallest absolute Gasteiger partial charge is 0.135 e. The molecule has 0 radical (unpaired) electrons. The topological polar surface area (TPSA) is 22.1 Å². The molecule has 0 saturated carbocycles. The first kappa shape index (κ1) is 13.7. The number of hydrogen-bond acceptors (Lipinski definition) is 2. The van der Waals surface area contributed by atoms with Gasteiger partial charge in [0.2, 0.25) is 0 Å². The van der Waals surface area contributed by atoms with Gasteiger partial charge in [0.1, 0.15) is 16.7 Å². The second-order valence-electron chi connectivity index (χ2n) is 4.74. The number of nitrogens with zero attached hydrogens (tertiary/aromatic N) is 1. The maximum Gasteiger partial charge on any atom is 0.135 e. The number of halogens is 1. The summed E-state index contributed by atoms with van der Waals surface area (Å²) in [6, 6.07) is 19.9. The van der Waals surface area contributed by atoms with E-state index in [0.29, 0.717) is 5.15 Å². The predicted molar refractivity (Wildman–Crippen MR) is 85.9 cm³/mol. The zero-order chi connectivity index (χ0) is 14.7. The van der Waals surface area contributed by atoms with Gasteiger partial charge in [-0.3, -0.25) is 0 Å². The Bertz CT molecular complexity index is 756. The zero-order valence-corrected chi connectivity index (χ0v) is 12.3. The van der Waals surface area contributed by atoms with E-state index in [2.05, 4.69) is 17.1 Å². The van der Waals surface area contributed by atoms with Gasteiger partial charge in [-0.15, -0.1) is 0 Å². The highest BCUT2D eigenvalue weighted by Gasteiger charge is 2.09. The first-order valence-electron chi connectivity index (χ1n) is 6.68. The summed E-state index contributed by atoms with van der Waals surface area (Å²) in [5.74, 6) is 1.52. The molecule has 0 spiro atoms. The van der Waals surface area contributed by atoms with Crippen molar-refractivity contribution in [2.75, 3.05) is 0 Å². The van der Waals surface area contributed by atoms with Crippen LogP contribution in [0.5, 0.6) is 11.5 Å². The Labute approximate surface area is 129 Å². The quantitative estimate of drug-likeness (QED) is 0.595. The predicted octanol–water partition coefficient (Wildman–Crippen LogP) is 5.50. The summed E-state index contributed by atoms with van der Waals surface area (Å²) in [6.07, 6.45) is 1.71. The van der Waals surface area contributed by atoms with Crippen molar-refractivity contribution >= 4 is 11.6 Å². The van der Waals surface area contributed by atoms with Crippen LogP contribution in [0, 0.1) is 6.92 Å². The minimum atomic E-state index is 0.424. The molecule has 0 atom stereocenters. The van der Waals surface area contributed by atoms with Crippen molar-refractivity contribution < 1.29 is 4.74 Å². The van der Waals surface area contributed by atoms with Crippen molar-refractivity contribution in [2.24, 2.45) is 0 Å². The molecule has 0 amide bonds. The molecule has 21 heavy (non-hydrogen) atoms. The third-order valence-electron chi connectivity index (χ3n) is 3.21. The standard InChI is InChI=1S/C18H14ClNO/c1-13-12-20-18(19)11-17(13)21-16-10-6-5-9-15(16)14-7-3-2-4-8-14/h2-12H,1H3. The fourth-order valence-electron chi connectivity index (χ4n) is 2.12. The lowest BCUT2D eigenvalue weighted by molar-refractivity contribution is 0.480. The van der Waals surface area contributed by atoms with Crippen LogP contribution in [-0.4, -0.2) is 4.98 Å². The van der Waals surface area contributed by atoms with E-state index < -0.39 is 0 Å². The molecule has 3 heteroatoms. The van der Waals surface area contributed by atoms with E-state index >= 15 is 0 Å². The van der Waals surface area contributed by atoms with Gasteiger partial charge >= 0.3 is 0 Å². The number of benzene rings is 2. The average Bonchev–Trinajstić information content (AvgIpc) is 2.52. The molecule has 104 valence electrons. The number of hydrogen-bond donors (Lipinski definition) is 0. The van der Waals surface area contributed by atoms with Crippen LogP contribution in [0.1, 0.15) is 5.56 Å². The second-order valence-corrected chi connectivity index (χ2v) is 5.12. The molecule has 0 aliphatic rings. The van der Waals surface area contributed by atoms with Crippen molar-refractivity contribution in [3.05, 3.63) is 77.6 Å². The van der Waals surface area contributed by atoms with Crippen LogP contribution in [0.15, 0.2) is 66.9 Å². The molecule has 0 unspecified atom stereocenters. The summed E-state index contributed by atoms with van der Waals surface area (Å²) >= 11 is 5.95. The molecule has 2 aromatic carbocycles. The van der Waals surface area contributed by atoms with Gasteiger partial charge in [-0.25, -0.2) is 4.98 Å². The van der Waals surface area contributed by atoms with Crippen molar-refractivity contribution in [3.63, 3.8) is 0 Å². The SMILES string of the molecule is Cc1cnc(Cl)cc1Oc1ccccc1-c1ccccc1. The fourth-order valence-corrected chi connectivity index (χ4v) is 2.27. The summed E-state index contributed by atoms with van der Waals surface area (Å²) in [7, 11) is 0. The van der Waals surface area contributed by atoms with Gasteiger partial charge in [-0.05, 0) is 18.6 Å². The number of aryl methyl sites for hydroxylation is 1. The summed E-state index contributed by atoms with van der Waals surface area (Å²) < 4.78 is 6.05. The molecule has 0 aliphatic heterocycles. The Morgan fingerprint density at radius 2 is 1.62 bits per heavy atom. The van der Waals surface area contributed by atoms with E-state index in [9.17, 15) is 0 Å². The first-order chi connectivity index (χ1) is 10.2. The second kappa shape index (κ2) is 5.98. The number of aromatic nitrogens is 1. The monoisotopic (exact) mass is 295 g/mol. The van der Waals surface area contributed by atoms with Crippen molar-refractivity contribution in [1.82, 2.24) is 4.98 Å². The molecule has 3 rings (SSSR count). The van der Waals surface area contributed by atoms with E-state index in [-0.39, 0.29) is 0 Å². The van der Waals surface area contributed by atoms with E-state index in [1.807, 2.05) is 49.4 Å². The highest BCUT2D eigenvalue weighted by atomic mass is 35.5. The molecule has 2 nitrogen and oxygen atoms in total. The van der Waals surface area contributed by atoms with E-state index in [4.69, 9.17) is 16.3 Å². The molecule has 0 N–H and O–H groups in total. The highest BCUT2D eigenvalue weighted by molar-refractivity contribution is 6.29. The minimum Gasteiger partial charge on any atom is -0.456 e. The van der Waals surface area contributed by atoms with Crippen LogP contribution in [0.4, 0.5) is 0 Å². The molecule has 1 aromatic heterocycles. The number of pyridine rings is 1. The van der Waals surface area contributed by atoms with Crippen LogP contribution >= 0.6 is 11.6 Å². The lowest BCUT2D eigenvalue weighted by Gasteiger charge is -2.13. The Balaban J connectivity index is 2.02. The van der Waals surface area contributed by atoms with Crippen LogP contribution in [-0.2, 0) is 0 Å². The lowest BCUT2D eigenvalue weighted by atomic mass is 10.0. The normalized spacial score (nSPS) is 10.4. The van der Waals surface area contributed by atoms with E-state index in [1.54, 1.807) is 12.3 Å². The lowest BCUT2D eigenvalue weighted by Crippen LogP contribution is -1.91. The number of rotatable bonds is 3.